The fraction of sp³-hybridized carbons (Fsp3) is 0.143. The van der Waals surface area contributed by atoms with Crippen LogP contribution in [0.4, 0.5) is 11.4 Å². The molecule has 0 atom stereocenters. The fourth-order valence-corrected chi connectivity index (χ4v) is 3.75. The summed E-state index contributed by atoms with van der Waals surface area (Å²) >= 11 is 0. The number of benzene rings is 2. The average molecular weight is 258 g/mol. The first-order valence-electron chi connectivity index (χ1n) is 6.06. The zero-order valence-corrected chi connectivity index (χ0v) is 11.1. The van der Waals surface area contributed by atoms with E-state index in [1.807, 2.05) is 55.5 Å². The van der Waals surface area contributed by atoms with Crippen molar-refractivity contribution in [1.82, 2.24) is 0 Å². The molecule has 1 aliphatic rings. The SMILES string of the molecule is CCP1(=O)Nc2ccccc2-c2ccccc2N1. The van der Waals surface area contributed by atoms with Crippen molar-refractivity contribution in [2.24, 2.45) is 0 Å². The maximum absolute atomic E-state index is 12.7. The van der Waals surface area contributed by atoms with E-state index in [4.69, 9.17) is 0 Å². The van der Waals surface area contributed by atoms with Gasteiger partial charge in [0.15, 0.2) is 0 Å². The van der Waals surface area contributed by atoms with Gasteiger partial charge in [0.05, 0.1) is 0 Å². The molecule has 0 radical (unpaired) electrons. The maximum Gasteiger partial charge on any atom is 0.257 e. The van der Waals surface area contributed by atoms with E-state index in [1.54, 1.807) is 0 Å². The number of para-hydroxylation sites is 2. The highest BCUT2D eigenvalue weighted by molar-refractivity contribution is 7.66. The van der Waals surface area contributed by atoms with Crippen LogP contribution in [0, 0.1) is 0 Å². The average Bonchev–Trinajstić information content (AvgIpc) is 2.52. The van der Waals surface area contributed by atoms with Gasteiger partial charge in [-0.15, -0.1) is 0 Å². The van der Waals surface area contributed by atoms with Crippen molar-refractivity contribution in [1.29, 1.82) is 0 Å². The van der Waals surface area contributed by atoms with Gasteiger partial charge in [-0.2, -0.15) is 0 Å². The second kappa shape index (κ2) is 4.18. The van der Waals surface area contributed by atoms with Crippen LogP contribution in [0.3, 0.4) is 0 Å². The minimum absolute atomic E-state index is 0.565. The number of nitrogens with one attached hydrogen (secondary N) is 2. The minimum Gasteiger partial charge on any atom is -0.320 e. The number of rotatable bonds is 1. The van der Waals surface area contributed by atoms with Gasteiger partial charge in [0.1, 0.15) is 0 Å². The number of anilines is 2. The lowest BCUT2D eigenvalue weighted by Crippen LogP contribution is -2.06. The summed E-state index contributed by atoms with van der Waals surface area (Å²) in [6.45, 7) is 1.93. The van der Waals surface area contributed by atoms with Gasteiger partial charge in [0.25, 0.3) is 7.44 Å². The van der Waals surface area contributed by atoms with Crippen LogP contribution < -0.4 is 10.2 Å². The Bertz CT molecular complexity index is 588. The van der Waals surface area contributed by atoms with E-state index >= 15 is 0 Å². The first kappa shape index (κ1) is 11.4. The first-order valence-corrected chi connectivity index (χ1v) is 7.95. The van der Waals surface area contributed by atoms with Gasteiger partial charge >= 0.3 is 0 Å². The summed E-state index contributed by atoms with van der Waals surface area (Å²) in [7, 11) is -2.60. The summed E-state index contributed by atoms with van der Waals surface area (Å²) in [5, 5.41) is 6.35. The maximum atomic E-state index is 12.7. The second-order valence-electron chi connectivity index (χ2n) is 4.37. The summed E-state index contributed by atoms with van der Waals surface area (Å²) in [5.41, 5.74) is 4.04. The molecule has 1 aliphatic heterocycles. The Labute approximate surface area is 107 Å². The van der Waals surface area contributed by atoms with Crippen LogP contribution in [0.15, 0.2) is 48.5 Å². The molecule has 92 valence electrons. The van der Waals surface area contributed by atoms with Gasteiger partial charge in [-0.1, -0.05) is 43.3 Å². The van der Waals surface area contributed by atoms with E-state index in [-0.39, 0.29) is 0 Å². The van der Waals surface area contributed by atoms with Crippen molar-refractivity contribution in [3.05, 3.63) is 48.5 Å². The van der Waals surface area contributed by atoms with E-state index in [0.29, 0.717) is 6.16 Å². The molecule has 3 rings (SSSR count). The van der Waals surface area contributed by atoms with Crippen LogP contribution in [0.25, 0.3) is 11.1 Å². The molecule has 2 aromatic carbocycles. The second-order valence-corrected chi connectivity index (χ2v) is 6.93. The summed E-state index contributed by atoms with van der Waals surface area (Å²) in [5.74, 6) is 0. The highest BCUT2D eigenvalue weighted by Gasteiger charge is 2.25. The van der Waals surface area contributed by atoms with Gasteiger partial charge in [0, 0.05) is 28.7 Å². The monoisotopic (exact) mass is 258 g/mol. The van der Waals surface area contributed by atoms with Crippen molar-refractivity contribution in [3.8, 4) is 11.1 Å². The largest absolute Gasteiger partial charge is 0.320 e. The Morgan fingerprint density at radius 3 is 1.78 bits per heavy atom. The molecule has 0 aliphatic carbocycles. The molecule has 0 saturated carbocycles. The van der Waals surface area contributed by atoms with Crippen molar-refractivity contribution >= 4 is 18.8 Å². The predicted octanol–water partition coefficient (Wildman–Crippen LogP) is 4.40. The third-order valence-electron chi connectivity index (χ3n) is 3.19. The molecule has 3 nitrogen and oxygen atoms in total. The van der Waals surface area contributed by atoms with Crippen molar-refractivity contribution in [3.63, 3.8) is 0 Å². The number of hydrogen-bond donors (Lipinski definition) is 2. The van der Waals surface area contributed by atoms with Crippen molar-refractivity contribution < 1.29 is 4.57 Å². The summed E-state index contributed by atoms with van der Waals surface area (Å²) < 4.78 is 12.7. The van der Waals surface area contributed by atoms with E-state index in [9.17, 15) is 4.57 Å². The molecule has 0 saturated heterocycles. The van der Waals surface area contributed by atoms with Gasteiger partial charge in [0.2, 0.25) is 0 Å². The highest BCUT2D eigenvalue weighted by atomic mass is 31.2. The smallest absolute Gasteiger partial charge is 0.257 e. The molecule has 0 spiro atoms. The van der Waals surface area contributed by atoms with Crippen molar-refractivity contribution in [2.45, 2.75) is 6.92 Å². The number of hydrogen-bond acceptors (Lipinski definition) is 1. The third kappa shape index (κ3) is 1.81. The molecule has 0 amide bonds. The standard InChI is InChI=1S/C14H15N2OP/c1-2-18(17)15-13-9-5-3-7-11(13)12-8-4-6-10-14(12)16-18/h3-10H,2H2,1H3,(H2,15,16,17). The van der Waals surface area contributed by atoms with Crippen LogP contribution in [-0.2, 0) is 4.57 Å². The third-order valence-corrected chi connectivity index (χ3v) is 5.29. The lowest BCUT2D eigenvalue weighted by molar-refractivity contribution is 0.582. The van der Waals surface area contributed by atoms with Gasteiger partial charge in [-0.05, 0) is 12.1 Å². The summed E-state index contributed by atoms with van der Waals surface area (Å²) in [6.07, 6.45) is 0.565. The molecule has 0 bridgehead atoms. The van der Waals surface area contributed by atoms with Gasteiger partial charge < -0.3 is 10.2 Å². The Morgan fingerprint density at radius 1 is 0.889 bits per heavy atom. The normalized spacial score (nSPS) is 15.6. The predicted molar refractivity (Wildman–Crippen MR) is 77.3 cm³/mol. The van der Waals surface area contributed by atoms with Crippen LogP contribution >= 0.6 is 7.44 Å². The van der Waals surface area contributed by atoms with Gasteiger partial charge in [-0.25, -0.2) is 0 Å². The summed E-state index contributed by atoms with van der Waals surface area (Å²) in [4.78, 5) is 0. The molecular formula is C14H15N2OP. The molecular weight excluding hydrogens is 243 g/mol. The Morgan fingerprint density at radius 2 is 1.33 bits per heavy atom. The Balaban J connectivity index is 2.28. The lowest BCUT2D eigenvalue weighted by atomic mass is 10.0. The topological polar surface area (TPSA) is 41.1 Å². The zero-order chi connectivity index (χ0) is 12.6. The van der Waals surface area contributed by atoms with Crippen LogP contribution in [0.1, 0.15) is 6.92 Å². The zero-order valence-electron chi connectivity index (χ0n) is 10.2. The van der Waals surface area contributed by atoms with Crippen LogP contribution in [0.2, 0.25) is 0 Å². The van der Waals surface area contributed by atoms with Crippen LogP contribution in [0.5, 0.6) is 0 Å². The molecule has 2 aromatic rings. The Hall–Kier alpha value is -1.73. The fourth-order valence-electron chi connectivity index (χ4n) is 2.21. The quantitative estimate of drug-likeness (QED) is 0.745. The van der Waals surface area contributed by atoms with E-state index in [2.05, 4.69) is 10.2 Å². The van der Waals surface area contributed by atoms with E-state index in [0.717, 1.165) is 22.5 Å². The van der Waals surface area contributed by atoms with E-state index in [1.165, 1.54) is 0 Å². The van der Waals surface area contributed by atoms with E-state index < -0.39 is 7.44 Å². The molecule has 1 heterocycles. The highest BCUT2D eigenvalue weighted by Crippen LogP contribution is 2.52. The molecule has 0 fully saturated rings. The first-order chi connectivity index (χ1) is 8.72. The molecule has 2 N–H and O–H groups in total. The van der Waals surface area contributed by atoms with Gasteiger partial charge in [-0.3, -0.25) is 4.57 Å². The Kier molecular flexibility index (Phi) is 2.64. The number of fused-ring (bicyclic) bond motifs is 3. The summed E-state index contributed by atoms with van der Waals surface area (Å²) in [6, 6.07) is 16.0. The van der Waals surface area contributed by atoms with Crippen molar-refractivity contribution in [2.75, 3.05) is 16.3 Å². The molecule has 0 unspecified atom stereocenters. The molecule has 4 heteroatoms. The molecule has 18 heavy (non-hydrogen) atoms. The minimum atomic E-state index is -2.60. The molecule has 0 aromatic heterocycles. The van der Waals surface area contributed by atoms with Crippen LogP contribution in [-0.4, -0.2) is 6.16 Å². The lowest BCUT2D eigenvalue weighted by Gasteiger charge is -2.18.